The number of aryl methyl sites for hydroxylation is 1. The number of hydrogen-bond donors (Lipinski definition) is 2. The Labute approximate surface area is 105 Å². The van der Waals surface area contributed by atoms with Crippen molar-refractivity contribution in [3.8, 4) is 0 Å². The summed E-state index contributed by atoms with van der Waals surface area (Å²) in [5, 5.41) is 11.6. The van der Waals surface area contributed by atoms with Crippen molar-refractivity contribution in [1.29, 1.82) is 0 Å². The second-order valence-electron chi connectivity index (χ2n) is 4.73. The summed E-state index contributed by atoms with van der Waals surface area (Å²) >= 11 is 0. The first-order chi connectivity index (χ1) is 8.56. The van der Waals surface area contributed by atoms with Crippen molar-refractivity contribution in [3.05, 3.63) is 29.6 Å². The summed E-state index contributed by atoms with van der Waals surface area (Å²) in [4.78, 5) is 26.9. The van der Waals surface area contributed by atoms with Gasteiger partial charge in [-0.1, -0.05) is 12.8 Å². The van der Waals surface area contributed by atoms with Gasteiger partial charge in [0.15, 0.2) is 0 Å². The summed E-state index contributed by atoms with van der Waals surface area (Å²) in [6, 6.07) is 2.57. The SMILES string of the molecule is Cc1ccc(C(=O)NC(CC2CC2)C(=O)O)cn1. The summed E-state index contributed by atoms with van der Waals surface area (Å²) < 4.78 is 0. The highest BCUT2D eigenvalue weighted by Gasteiger charge is 2.30. The highest BCUT2D eigenvalue weighted by Crippen LogP contribution is 2.33. The summed E-state index contributed by atoms with van der Waals surface area (Å²) in [5.74, 6) is -0.909. The van der Waals surface area contributed by atoms with Crippen molar-refractivity contribution in [3.63, 3.8) is 0 Å². The predicted octanol–water partition coefficient (Wildman–Crippen LogP) is 1.37. The molecule has 5 heteroatoms. The fourth-order valence-corrected chi connectivity index (χ4v) is 1.75. The Hall–Kier alpha value is -1.91. The Balaban J connectivity index is 1.99. The zero-order valence-electron chi connectivity index (χ0n) is 10.2. The number of aromatic nitrogens is 1. The molecule has 1 heterocycles. The Morgan fingerprint density at radius 2 is 2.22 bits per heavy atom. The fraction of sp³-hybridized carbons (Fsp3) is 0.462. The number of rotatable bonds is 5. The lowest BCUT2D eigenvalue weighted by molar-refractivity contribution is -0.139. The topological polar surface area (TPSA) is 79.3 Å². The normalized spacial score (nSPS) is 16.1. The smallest absolute Gasteiger partial charge is 0.326 e. The van der Waals surface area contributed by atoms with E-state index in [0.29, 0.717) is 17.9 Å². The van der Waals surface area contributed by atoms with E-state index < -0.39 is 12.0 Å². The maximum atomic E-state index is 11.9. The third-order valence-corrected chi connectivity index (χ3v) is 3.04. The molecular weight excluding hydrogens is 232 g/mol. The average Bonchev–Trinajstić information content (AvgIpc) is 3.12. The molecule has 1 aliphatic carbocycles. The van der Waals surface area contributed by atoms with E-state index in [1.165, 1.54) is 6.20 Å². The average molecular weight is 248 g/mol. The van der Waals surface area contributed by atoms with Crippen LogP contribution in [-0.2, 0) is 4.79 Å². The molecule has 0 saturated heterocycles. The van der Waals surface area contributed by atoms with Gasteiger partial charge in [-0.25, -0.2) is 4.79 Å². The predicted molar refractivity (Wildman–Crippen MR) is 65.2 cm³/mol. The van der Waals surface area contributed by atoms with Crippen LogP contribution in [0.1, 0.15) is 35.3 Å². The third kappa shape index (κ3) is 3.29. The van der Waals surface area contributed by atoms with Crippen molar-refractivity contribution >= 4 is 11.9 Å². The van der Waals surface area contributed by atoms with Crippen LogP contribution in [0.5, 0.6) is 0 Å². The van der Waals surface area contributed by atoms with E-state index in [0.717, 1.165) is 18.5 Å². The zero-order chi connectivity index (χ0) is 13.1. The van der Waals surface area contributed by atoms with Crippen LogP contribution in [0.25, 0.3) is 0 Å². The lowest BCUT2D eigenvalue weighted by Gasteiger charge is -2.13. The number of carboxylic acid groups (broad SMARTS) is 1. The van der Waals surface area contributed by atoms with Gasteiger partial charge in [0, 0.05) is 11.9 Å². The van der Waals surface area contributed by atoms with Gasteiger partial charge in [0.2, 0.25) is 0 Å². The molecular formula is C13H16N2O3. The van der Waals surface area contributed by atoms with E-state index in [1.54, 1.807) is 12.1 Å². The van der Waals surface area contributed by atoms with Crippen LogP contribution in [0, 0.1) is 12.8 Å². The second kappa shape index (κ2) is 5.16. The van der Waals surface area contributed by atoms with Gasteiger partial charge in [-0.05, 0) is 31.4 Å². The van der Waals surface area contributed by atoms with Gasteiger partial charge in [0.05, 0.1) is 5.56 Å². The van der Waals surface area contributed by atoms with Crippen LogP contribution in [0.15, 0.2) is 18.3 Å². The van der Waals surface area contributed by atoms with Gasteiger partial charge >= 0.3 is 5.97 Å². The molecule has 1 aromatic heterocycles. The molecule has 0 spiro atoms. The number of nitrogens with one attached hydrogen (secondary N) is 1. The number of carboxylic acids is 1. The van der Waals surface area contributed by atoms with Gasteiger partial charge in [-0.15, -0.1) is 0 Å². The summed E-state index contributed by atoms with van der Waals surface area (Å²) in [5.41, 5.74) is 1.21. The van der Waals surface area contributed by atoms with Crippen molar-refractivity contribution < 1.29 is 14.7 Å². The van der Waals surface area contributed by atoms with Gasteiger partial charge in [0.1, 0.15) is 6.04 Å². The van der Waals surface area contributed by atoms with E-state index in [-0.39, 0.29) is 5.91 Å². The Morgan fingerprint density at radius 1 is 1.50 bits per heavy atom. The quantitative estimate of drug-likeness (QED) is 0.824. The number of pyridine rings is 1. The fourth-order valence-electron chi connectivity index (χ4n) is 1.75. The monoisotopic (exact) mass is 248 g/mol. The molecule has 0 aliphatic heterocycles. The molecule has 2 rings (SSSR count). The van der Waals surface area contributed by atoms with Crippen LogP contribution in [0.3, 0.4) is 0 Å². The molecule has 1 atom stereocenters. The van der Waals surface area contributed by atoms with Gasteiger partial charge in [-0.2, -0.15) is 0 Å². The van der Waals surface area contributed by atoms with Crippen LogP contribution >= 0.6 is 0 Å². The van der Waals surface area contributed by atoms with Crippen molar-refractivity contribution in [2.75, 3.05) is 0 Å². The molecule has 5 nitrogen and oxygen atoms in total. The van der Waals surface area contributed by atoms with Crippen molar-refractivity contribution in [2.45, 2.75) is 32.2 Å². The number of carbonyl (C=O) groups excluding carboxylic acids is 1. The Bertz CT molecular complexity index is 452. The third-order valence-electron chi connectivity index (χ3n) is 3.04. The molecule has 0 radical (unpaired) electrons. The minimum absolute atomic E-state index is 0.379. The van der Waals surface area contributed by atoms with Gasteiger partial charge in [-0.3, -0.25) is 9.78 Å². The molecule has 96 valence electrons. The Kier molecular flexibility index (Phi) is 3.60. The van der Waals surface area contributed by atoms with E-state index in [2.05, 4.69) is 10.3 Å². The lowest BCUT2D eigenvalue weighted by Crippen LogP contribution is -2.41. The standard InChI is InChI=1S/C13H16N2O3/c1-8-2-5-10(7-14-8)12(16)15-11(13(17)18)6-9-3-4-9/h2,5,7,9,11H,3-4,6H2,1H3,(H,15,16)(H,17,18). The van der Waals surface area contributed by atoms with Crippen LogP contribution in [0.2, 0.25) is 0 Å². The molecule has 1 unspecified atom stereocenters. The maximum absolute atomic E-state index is 11.9. The molecule has 1 aromatic rings. The minimum atomic E-state index is -0.977. The highest BCUT2D eigenvalue weighted by atomic mass is 16.4. The molecule has 1 aliphatic rings. The van der Waals surface area contributed by atoms with Crippen LogP contribution < -0.4 is 5.32 Å². The largest absolute Gasteiger partial charge is 0.480 e. The van der Waals surface area contributed by atoms with Crippen LogP contribution in [-0.4, -0.2) is 28.0 Å². The summed E-state index contributed by atoms with van der Waals surface area (Å²) in [6.45, 7) is 1.83. The molecule has 1 amide bonds. The first-order valence-electron chi connectivity index (χ1n) is 6.02. The summed E-state index contributed by atoms with van der Waals surface area (Å²) in [6.07, 6.45) is 4.10. The zero-order valence-corrected chi connectivity index (χ0v) is 10.2. The number of carbonyl (C=O) groups is 2. The van der Waals surface area contributed by atoms with E-state index >= 15 is 0 Å². The van der Waals surface area contributed by atoms with Gasteiger partial charge in [0.25, 0.3) is 5.91 Å². The first kappa shape index (κ1) is 12.5. The molecule has 1 fully saturated rings. The highest BCUT2D eigenvalue weighted by molar-refractivity contribution is 5.96. The van der Waals surface area contributed by atoms with E-state index in [1.807, 2.05) is 6.92 Å². The number of hydrogen-bond acceptors (Lipinski definition) is 3. The van der Waals surface area contributed by atoms with E-state index in [9.17, 15) is 9.59 Å². The number of amides is 1. The summed E-state index contributed by atoms with van der Waals surface area (Å²) in [7, 11) is 0. The van der Waals surface area contributed by atoms with Gasteiger partial charge < -0.3 is 10.4 Å². The minimum Gasteiger partial charge on any atom is -0.480 e. The van der Waals surface area contributed by atoms with Crippen LogP contribution in [0.4, 0.5) is 0 Å². The van der Waals surface area contributed by atoms with E-state index in [4.69, 9.17) is 5.11 Å². The first-order valence-corrected chi connectivity index (χ1v) is 6.02. The number of aliphatic carboxylic acids is 1. The second-order valence-corrected chi connectivity index (χ2v) is 4.73. The molecule has 2 N–H and O–H groups in total. The molecule has 1 saturated carbocycles. The molecule has 18 heavy (non-hydrogen) atoms. The maximum Gasteiger partial charge on any atom is 0.326 e. The van der Waals surface area contributed by atoms with Crippen molar-refractivity contribution in [1.82, 2.24) is 10.3 Å². The molecule has 0 bridgehead atoms. The lowest BCUT2D eigenvalue weighted by atomic mass is 10.1. The van der Waals surface area contributed by atoms with Crippen molar-refractivity contribution in [2.24, 2.45) is 5.92 Å². The molecule has 0 aromatic carbocycles. The number of nitrogens with zero attached hydrogens (tertiary/aromatic N) is 1. The Morgan fingerprint density at radius 3 is 2.72 bits per heavy atom.